The first-order valence-electron chi connectivity index (χ1n) is 13.5. The second kappa shape index (κ2) is 10.9. The number of aryl methyl sites for hydroxylation is 2. The van der Waals surface area contributed by atoms with Crippen LogP contribution in [0.1, 0.15) is 69.4 Å². The highest BCUT2D eigenvalue weighted by Gasteiger charge is 2.46. The molecule has 0 bridgehead atoms. The molecule has 0 fully saturated rings. The van der Waals surface area contributed by atoms with E-state index in [9.17, 15) is 24.5 Å². The predicted molar refractivity (Wildman–Crippen MR) is 154 cm³/mol. The van der Waals surface area contributed by atoms with Crippen LogP contribution in [0.2, 0.25) is 0 Å². The van der Waals surface area contributed by atoms with E-state index in [1.165, 1.54) is 25.1 Å². The third-order valence-electron chi connectivity index (χ3n) is 7.92. The van der Waals surface area contributed by atoms with Gasteiger partial charge in [0.2, 0.25) is 0 Å². The molecule has 0 aliphatic carbocycles. The third kappa shape index (κ3) is 4.82. The number of carbonyl (C=O) groups is 3. The fraction of sp³-hybridized carbons (Fsp3) is 0.258. The number of aromatic amines is 1. The van der Waals surface area contributed by atoms with Crippen LogP contribution >= 0.6 is 0 Å². The minimum absolute atomic E-state index is 0.104. The number of hydrazine groups is 1. The maximum atomic E-state index is 14.0. The summed E-state index contributed by atoms with van der Waals surface area (Å²) in [6, 6.07) is 17.8. The Balaban J connectivity index is 1.50. The van der Waals surface area contributed by atoms with Crippen LogP contribution < -0.4 is 10.9 Å². The van der Waals surface area contributed by atoms with E-state index in [0.717, 1.165) is 27.7 Å². The van der Waals surface area contributed by atoms with Crippen molar-refractivity contribution in [3.05, 3.63) is 110 Å². The second-order valence-electron chi connectivity index (χ2n) is 10.4. The van der Waals surface area contributed by atoms with Crippen LogP contribution in [0.25, 0.3) is 10.9 Å². The number of rotatable bonds is 7. The van der Waals surface area contributed by atoms with E-state index in [-0.39, 0.29) is 23.1 Å². The molecule has 210 valence electrons. The summed E-state index contributed by atoms with van der Waals surface area (Å²) in [5.74, 6) is -1.66. The van der Waals surface area contributed by atoms with Gasteiger partial charge in [0.15, 0.2) is 0 Å². The molecule has 0 spiro atoms. The summed E-state index contributed by atoms with van der Waals surface area (Å²) in [5.41, 5.74) is 9.44. The first kappa shape index (κ1) is 27.6. The van der Waals surface area contributed by atoms with Crippen molar-refractivity contribution in [3.8, 4) is 0 Å². The number of amides is 3. The second-order valence-corrected chi connectivity index (χ2v) is 10.4. The molecule has 1 aliphatic rings. The summed E-state index contributed by atoms with van der Waals surface area (Å²) in [6.07, 6.45) is 0.604. The highest BCUT2D eigenvalue weighted by Crippen LogP contribution is 2.44. The Hall–Kier alpha value is -4.99. The van der Waals surface area contributed by atoms with Crippen LogP contribution in [-0.4, -0.2) is 38.6 Å². The van der Waals surface area contributed by atoms with E-state index in [2.05, 4.69) is 15.8 Å². The smallest absolute Gasteiger partial charge is 0.272 e. The molecule has 3 N–H and O–H groups in total. The molecule has 3 amide bonds. The lowest BCUT2D eigenvalue weighted by atomic mass is 9.91. The molecular weight excluding hydrogens is 522 g/mol. The monoisotopic (exact) mass is 553 g/mol. The lowest BCUT2D eigenvalue weighted by Gasteiger charge is -2.36. The molecule has 3 aromatic carbocycles. The van der Waals surface area contributed by atoms with Crippen LogP contribution in [0, 0.1) is 29.9 Å². The van der Waals surface area contributed by atoms with E-state index in [1.807, 2.05) is 63.2 Å². The molecule has 3 atom stereocenters. The van der Waals surface area contributed by atoms with E-state index >= 15 is 0 Å². The maximum absolute atomic E-state index is 14.0. The lowest BCUT2D eigenvalue weighted by molar-refractivity contribution is -0.385. The molecule has 2 heterocycles. The van der Waals surface area contributed by atoms with Crippen LogP contribution in [0.5, 0.6) is 0 Å². The molecule has 41 heavy (non-hydrogen) atoms. The van der Waals surface area contributed by atoms with Gasteiger partial charge in [0.25, 0.3) is 23.4 Å². The van der Waals surface area contributed by atoms with Crippen LogP contribution in [0.15, 0.2) is 66.7 Å². The third-order valence-corrected chi connectivity index (χ3v) is 7.92. The fourth-order valence-corrected chi connectivity index (χ4v) is 5.72. The van der Waals surface area contributed by atoms with Crippen LogP contribution in [0.4, 0.5) is 5.69 Å². The number of fused-ring (bicyclic) bond motifs is 2. The molecule has 0 saturated heterocycles. The van der Waals surface area contributed by atoms with Crippen molar-refractivity contribution in [3.63, 3.8) is 0 Å². The van der Waals surface area contributed by atoms with Gasteiger partial charge in [-0.3, -0.25) is 35.3 Å². The highest BCUT2D eigenvalue weighted by atomic mass is 16.6. The normalized spacial score (nSPS) is 15.9. The van der Waals surface area contributed by atoms with Crippen molar-refractivity contribution in [2.75, 3.05) is 0 Å². The van der Waals surface area contributed by atoms with Gasteiger partial charge in [-0.25, -0.2) is 0 Å². The number of para-hydroxylation sites is 1. The minimum atomic E-state index is -0.906. The Bertz CT molecular complexity index is 1690. The largest absolute Gasteiger partial charge is 0.358 e. The Morgan fingerprint density at radius 2 is 1.76 bits per heavy atom. The van der Waals surface area contributed by atoms with Crippen LogP contribution in [0.3, 0.4) is 0 Å². The van der Waals surface area contributed by atoms with Gasteiger partial charge < -0.3 is 9.88 Å². The summed E-state index contributed by atoms with van der Waals surface area (Å²) in [6.45, 7) is 7.35. The van der Waals surface area contributed by atoms with Gasteiger partial charge in [0.05, 0.1) is 11.0 Å². The molecule has 10 nitrogen and oxygen atoms in total. The first-order valence-corrected chi connectivity index (χ1v) is 13.5. The number of benzene rings is 3. The molecule has 5 rings (SSSR count). The summed E-state index contributed by atoms with van der Waals surface area (Å²) >= 11 is 0. The molecular formula is C31H31N5O5. The van der Waals surface area contributed by atoms with Gasteiger partial charge in [0, 0.05) is 44.9 Å². The summed E-state index contributed by atoms with van der Waals surface area (Å²) in [7, 11) is 0. The van der Waals surface area contributed by atoms with Gasteiger partial charge in [-0.2, -0.15) is 0 Å². The van der Waals surface area contributed by atoms with Crippen molar-refractivity contribution in [1.82, 2.24) is 20.7 Å². The van der Waals surface area contributed by atoms with E-state index in [1.54, 1.807) is 11.0 Å². The minimum Gasteiger partial charge on any atom is -0.358 e. The number of hydrogen-bond donors (Lipinski definition) is 3. The average Bonchev–Trinajstić information content (AvgIpc) is 3.44. The number of nitrogens with zero attached hydrogens (tertiary/aromatic N) is 2. The summed E-state index contributed by atoms with van der Waals surface area (Å²) < 4.78 is 0. The molecule has 0 saturated carbocycles. The highest BCUT2D eigenvalue weighted by molar-refractivity contribution is 6.04. The zero-order valence-corrected chi connectivity index (χ0v) is 23.2. The molecule has 0 radical (unpaired) electrons. The lowest BCUT2D eigenvalue weighted by Crippen LogP contribution is -2.55. The van der Waals surface area contributed by atoms with Crippen LogP contribution in [-0.2, 0) is 4.79 Å². The topological polar surface area (TPSA) is 137 Å². The van der Waals surface area contributed by atoms with E-state index in [0.29, 0.717) is 17.5 Å². The van der Waals surface area contributed by atoms with Crippen molar-refractivity contribution < 1.29 is 19.3 Å². The first-order chi connectivity index (χ1) is 19.6. The van der Waals surface area contributed by atoms with E-state index in [4.69, 9.17) is 0 Å². The molecule has 1 aromatic heterocycles. The van der Waals surface area contributed by atoms with Gasteiger partial charge in [-0.1, -0.05) is 56.7 Å². The SMILES string of the molecule is CCC(C)C(C(=O)NNC(=O)c1ccc([N+](=O)[O-])c(C)c1)N1C(=O)c2ccccc2C1c1c(C)[nH]c2ccccc12. The van der Waals surface area contributed by atoms with Gasteiger partial charge in [0.1, 0.15) is 6.04 Å². The Morgan fingerprint density at radius 3 is 2.46 bits per heavy atom. The van der Waals surface area contributed by atoms with Crippen molar-refractivity contribution >= 4 is 34.3 Å². The number of nitro benzene ring substituents is 1. The van der Waals surface area contributed by atoms with Gasteiger partial charge in [-0.15, -0.1) is 0 Å². The number of H-pyrrole nitrogens is 1. The fourth-order valence-electron chi connectivity index (χ4n) is 5.72. The Morgan fingerprint density at radius 1 is 1.05 bits per heavy atom. The maximum Gasteiger partial charge on any atom is 0.272 e. The number of nitro groups is 1. The quantitative estimate of drug-likeness (QED) is 0.216. The van der Waals surface area contributed by atoms with Gasteiger partial charge in [-0.05, 0) is 49.6 Å². The van der Waals surface area contributed by atoms with Crippen molar-refractivity contribution in [2.24, 2.45) is 5.92 Å². The van der Waals surface area contributed by atoms with Gasteiger partial charge >= 0.3 is 0 Å². The molecule has 3 unspecified atom stereocenters. The molecule has 10 heteroatoms. The van der Waals surface area contributed by atoms with E-state index < -0.39 is 28.8 Å². The number of hydrogen-bond acceptors (Lipinski definition) is 5. The Kier molecular flexibility index (Phi) is 7.32. The average molecular weight is 554 g/mol. The Labute approximate surface area is 236 Å². The summed E-state index contributed by atoms with van der Waals surface area (Å²) in [4.78, 5) is 56.4. The predicted octanol–water partition coefficient (Wildman–Crippen LogP) is 5.11. The number of nitrogens with one attached hydrogen (secondary N) is 3. The zero-order chi connectivity index (χ0) is 29.4. The molecule has 4 aromatic rings. The number of carbonyl (C=O) groups excluding carboxylic acids is 3. The van der Waals surface area contributed by atoms with Crippen molar-refractivity contribution in [2.45, 2.75) is 46.2 Å². The van der Waals surface area contributed by atoms with Crippen molar-refractivity contribution in [1.29, 1.82) is 0 Å². The number of aromatic nitrogens is 1. The summed E-state index contributed by atoms with van der Waals surface area (Å²) in [5, 5.41) is 12.1. The molecule has 1 aliphatic heterocycles. The standard InChI is InChI=1S/C31H31N5O5/c1-5-17(2)27(30(38)34-33-29(37)20-14-15-25(36(40)41)18(3)16-20)35-28(21-10-6-7-11-22(21)31(35)39)26-19(4)32-24-13-9-8-12-23(24)26/h6-17,27-28,32H,5H2,1-4H3,(H,33,37)(H,34,38). The zero-order valence-electron chi connectivity index (χ0n) is 23.2.